The van der Waals surface area contributed by atoms with Crippen LogP contribution in [0.15, 0.2) is 468 Å². The molecule has 0 saturated carbocycles. The summed E-state index contributed by atoms with van der Waals surface area (Å²) in [7, 11) is 0. The minimum absolute atomic E-state index is 0.591. The number of benzene rings is 24. The average Bonchev–Trinajstić information content (AvgIpc) is 1.63. The van der Waals surface area contributed by atoms with Gasteiger partial charge in [0.05, 0.1) is 0 Å². The van der Waals surface area contributed by atoms with Gasteiger partial charge in [-0.15, -0.1) is 22.7 Å². The van der Waals surface area contributed by atoms with Crippen molar-refractivity contribution >= 4 is 237 Å². The minimum Gasteiger partial charge on any atom is -0.456 e. The van der Waals surface area contributed by atoms with Gasteiger partial charge in [0.25, 0.3) is 0 Å². The highest BCUT2D eigenvalue weighted by Gasteiger charge is 2.25. The number of nitrogens with zero attached hydrogens (tertiary/aromatic N) is 9. The largest absolute Gasteiger partial charge is 0.456 e. The summed E-state index contributed by atoms with van der Waals surface area (Å²) in [5.41, 5.74) is 13.5. The van der Waals surface area contributed by atoms with Crippen molar-refractivity contribution in [2.75, 3.05) is 0 Å². The third-order valence-corrected chi connectivity index (χ3v) is 31.4. The van der Waals surface area contributed by atoms with Gasteiger partial charge in [0, 0.05) is 139 Å². The monoisotopic (exact) mass is 1910 g/mol. The van der Waals surface area contributed by atoms with Gasteiger partial charge in [0.15, 0.2) is 52.4 Å². The standard InChI is InChI=1S/C45H25N3O2.C45H25N3OS.C43H25N3S/c1-2-8-28(9-3-1)43-46-44(48-45(47-43)31-20-22-35-33-10-4-6-12-37(33)49-39(35)25-31)30-19-21-32-29(24-30)17-16-26-14-15-27-18-23-36-34-11-5-7-13-38(34)50-42(36)41(27)40(26)32;1-2-8-28(9-3-1)43-46-44(48-45(47-43)31-20-22-34-33-10-4-6-12-37(33)49-38(34)25-31)30-19-21-32-29(24-30)17-16-26-14-15-27-18-23-36-35-11-5-7-13-39(35)50-42(36)41(27)40(26)32;1-2-9-28(10-3-1)41-44-42(32-19-14-26-8-4-5-11-29(26)22-32)46-43(45-41)33-20-21-34-30(23-33)17-15-27-16-18-31-24-39-37(25-36(31)40(27)34)35-12-6-7-13-38(35)47-39/h2*1-25H;1-25H. The molecule has 32 aromatic rings. The summed E-state index contributed by atoms with van der Waals surface area (Å²) in [6, 6.07) is 159. The summed E-state index contributed by atoms with van der Waals surface area (Å²) < 4.78 is 24.3. The maximum atomic E-state index is 6.54. The number of furan rings is 3. The van der Waals surface area contributed by atoms with Gasteiger partial charge >= 0.3 is 0 Å². The second-order valence-electron chi connectivity index (χ2n) is 37.6. The van der Waals surface area contributed by atoms with E-state index in [-0.39, 0.29) is 0 Å². The number of hydrogen-bond acceptors (Lipinski definition) is 14. The molecule has 0 spiro atoms. The van der Waals surface area contributed by atoms with E-state index in [0.717, 1.165) is 154 Å². The Bertz CT molecular complexity index is 10700. The fraction of sp³-hybridized carbons (Fsp3) is 0. The molecular weight excluding hydrogens is 1840 g/mol. The predicted octanol–water partition coefficient (Wildman–Crippen LogP) is 36.6. The van der Waals surface area contributed by atoms with Gasteiger partial charge in [-0.2, -0.15) is 0 Å². The molecule has 0 aliphatic carbocycles. The van der Waals surface area contributed by atoms with Crippen LogP contribution in [-0.2, 0) is 0 Å². The molecule has 682 valence electrons. The smallest absolute Gasteiger partial charge is 0.164 e. The number of rotatable bonds is 9. The zero-order chi connectivity index (χ0) is 96.4. The van der Waals surface area contributed by atoms with Crippen molar-refractivity contribution in [3.63, 3.8) is 0 Å². The third-order valence-electron chi connectivity index (χ3n) is 29.0. The topological polar surface area (TPSA) is 155 Å². The summed E-state index contributed by atoms with van der Waals surface area (Å²) >= 11 is 3.75. The first-order valence-electron chi connectivity index (χ1n) is 49.1. The van der Waals surface area contributed by atoms with E-state index in [0.29, 0.717) is 52.4 Å². The molecule has 8 aromatic heterocycles. The Kier molecular flexibility index (Phi) is 19.2. The zero-order valence-electron chi connectivity index (χ0n) is 78.4. The Morgan fingerprint density at radius 2 is 0.429 bits per heavy atom. The molecule has 147 heavy (non-hydrogen) atoms. The van der Waals surface area contributed by atoms with Crippen molar-refractivity contribution in [2.45, 2.75) is 0 Å². The Hall–Kier alpha value is -19.3. The fourth-order valence-corrected chi connectivity index (χ4v) is 24.3. The quantitative estimate of drug-likeness (QED) is 0.126. The lowest BCUT2D eigenvalue weighted by Gasteiger charge is -2.12. The van der Waals surface area contributed by atoms with Crippen LogP contribution in [0.3, 0.4) is 0 Å². The number of fused-ring (bicyclic) bond motifs is 33. The molecule has 32 rings (SSSR count). The van der Waals surface area contributed by atoms with Crippen molar-refractivity contribution in [1.29, 1.82) is 0 Å². The second kappa shape index (κ2) is 33.7. The Morgan fingerprint density at radius 1 is 0.136 bits per heavy atom. The Morgan fingerprint density at radius 3 is 0.905 bits per heavy atom. The number of para-hydroxylation sites is 3. The molecule has 0 N–H and O–H groups in total. The van der Waals surface area contributed by atoms with E-state index in [4.69, 9.17) is 58.1 Å². The third kappa shape index (κ3) is 14.2. The summed E-state index contributed by atoms with van der Waals surface area (Å²) in [5.74, 6) is 5.67. The number of aromatic nitrogens is 9. The fourth-order valence-electron chi connectivity index (χ4n) is 21.9. The maximum Gasteiger partial charge on any atom is 0.164 e. The molecule has 0 atom stereocenters. The highest BCUT2D eigenvalue weighted by molar-refractivity contribution is 7.27. The summed E-state index contributed by atoms with van der Waals surface area (Å²) in [6.07, 6.45) is 0. The summed E-state index contributed by atoms with van der Waals surface area (Å²) in [4.78, 5) is 45.2. The van der Waals surface area contributed by atoms with Crippen LogP contribution in [0, 0.1) is 0 Å². The van der Waals surface area contributed by atoms with Gasteiger partial charge in [-0.3, -0.25) is 0 Å². The first-order valence-corrected chi connectivity index (χ1v) is 50.8. The van der Waals surface area contributed by atoms with E-state index in [1.165, 1.54) is 110 Å². The molecule has 0 fully saturated rings. The molecule has 0 amide bonds. The van der Waals surface area contributed by atoms with Gasteiger partial charge in [0.1, 0.15) is 33.5 Å². The molecule has 12 nitrogen and oxygen atoms in total. The lowest BCUT2D eigenvalue weighted by atomic mass is 9.94. The van der Waals surface area contributed by atoms with Crippen molar-refractivity contribution in [3.05, 3.63) is 455 Å². The highest BCUT2D eigenvalue weighted by Crippen LogP contribution is 2.49. The molecule has 0 saturated heterocycles. The van der Waals surface area contributed by atoms with Crippen molar-refractivity contribution in [1.82, 2.24) is 44.9 Å². The second-order valence-corrected chi connectivity index (χ2v) is 39.8. The van der Waals surface area contributed by atoms with E-state index >= 15 is 0 Å². The molecule has 0 aliphatic rings. The van der Waals surface area contributed by atoms with Crippen molar-refractivity contribution < 1.29 is 13.3 Å². The summed E-state index contributed by atoms with van der Waals surface area (Å²) in [5, 5.41) is 36.0. The molecule has 14 heteroatoms. The SMILES string of the molecule is c1ccc(-c2nc(-c3ccc4c(ccc5ccc6ccc7c8ccccc8oc7c6c54)c3)nc(-c3ccc4c(c3)oc3ccccc34)n2)cc1.c1ccc(-c2nc(-c3ccc4c(ccc5ccc6ccc7c8ccccc8sc7c6c54)c3)nc(-c3ccc4c(c3)oc3ccccc34)n2)cc1.c1ccc(-c2nc(-c3ccc4ccccc4c3)nc(-c3ccc4c(ccc5ccc6cc7sc8ccccc8c7cc6c54)c3)n2)cc1. The van der Waals surface area contributed by atoms with Gasteiger partial charge in [-0.25, -0.2) is 44.9 Å². The zero-order valence-corrected chi connectivity index (χ0v) is 80.0. The lowest BCUT2D eigenvalue weighted by molar-refractivity contribution is 0.668. The minimum atomic E-state index is 0.591. The van der Waals surface area contributed by atoms with Gasteiger partial charge < -0.3 is 13.3 Å². The van der Waals surface area contributed by atoms with Crippen LogP contribution in [0.1, 0.15) is 0 Å². The molecule has 0 radical (unpaired) electrons. The van der Waals surface area contributed by atoms with Crippen LogP contribution in [0.5, 0.6) is 0 Å². The van der Waals surface area contributed by atoms with E-state index in [1.54, 1.807) is 0 Å². The van der Waals surface area contributed by atoms with Crippen molar-refractivity contribution in [2.24, 2.45) is 0 Å². The highest BCUT2D eigenvalue weighted by atomic mass is 32.1. The maximum absolute atomic E-state index is 6.54. The Labute approximate surface area is 845 Å². The van der Waals surface area contributed by atoms with Gasteiger partial charge in [0.2, 0.25) is 0 Å². The van der Waals surface area contributed by atoms with Crippen LogP contribution in [-0.4, -0.2) is 44.9 Å². The van der Waals surface area contributed by atoms with E-state index in [9.17, 15) is 0 Å². The van der Waals surface area contributed by atoms with E-state index in [1.807, 2.05) is 162 Å². The molecular formula is C133H75N9O3S2. The lowest BCUT2D eigenvalue weighted by Crippen LogP contribution is -2.00. The summed E-state index contributed by atoms with van der Waals surface area (Å²) in [6.45, 7) is 0. The number of hydrogen-bond donors (Lipinski definition) is 0. The average molecular weight is 1910 g/mol. The molecule has 8 heterocycles. The normalized spacial score (nSPS) is 11.9. The van der Waals surface area contributed by atoms with Crippen LogP contribution in [0.25, 0.3) is 316 Å². The Balaban J connectivity index is 0.000000102. The molecule has 0 unspecified atom stereocenters. The van der Waals surface area contributed by atoms with Crippen LogP contribution < -0.4 is 0 Å². The molecule has 0 bridgehead atoms. The molecule has 24 aromatic carbocycles. The van der Waals surface area contributed by atoms with E-state index in [2.05, 4.69) is 315 Å². The van der Waals surface area contributed by atoms with Crippen LogP contribution in [0.4, 0.5) is 0 Å². The van der Waals surface area contributed by atoms with Gasteiger partial charge in [-0.05, 0) is 189 Å². The number of thiophene rings is 2. The van der Waals surface area contributed by atoms with Gasteiger partial charge in [-0.1, -0.05) is 358 Å². The predicted molar refractivity (Wildman–Crippen MR) is 611 cm³/mol. The molecule has 0 aliphatic heterocycles. The van der Waals surface area contributed by atoms with Crippen LogP contribution in [0.2, 0.25) is 0 Å². The van der Waals surface area contributed by atoms with Crippen molar-refractivity contribution in [3.8, 4) is 102 Å². The van der Waals surface area contributed by atoms with E-state index < -0.39 is 0 Å². The first-order chi connectivity index (χ1) is 72.7. The van der Waals surface area contributed by atoms with Crippen LogP contribution >= 0.6 is 22.7 Å². The first kappa shape index (κ1) is 83.5.